The van der Waals surface area contributed by atoms with Crippen molar-refractivity contribution in [3.05, 3.63) is 35.4 Å². The highest BCUT2D eigenvalue weighted by molar-refractivity contribution is 5.77. The zero-order valence-corrected chi connectivity index (χ0v) is 14.9. The summed E-state index contributed by atoms with van der Waals surface area (Å²) in [5.41, 5.74) is 1.26. The maximum Gasteiger partial charge on any atom is 0.410 e. The number of benzene rings is 1. The fourth-order valence-corrected chi connectivity index (χ4v) is 3.30. The van der Waals surface area contributed by atoms with E-state index in [0.29, 0.717) is 13.1 Å². The lowest BCUT2D eigenvalue weighted by atomic mass is 9.79. The van der Waals surface area contributed by atoms with Gasteiger partial charge < -0.3 is 14.7 Å². The molecule has 0 spiro atoms. The summed E-state index contributed by atoms with van der Waals surface area (Å²) in [5.74, 6) is -1.54. The van der Waals surface area contributed by atoms with Crippen LogP contribution in [-0.4, -0.2) is 40.8 Å². The number of piperidine rings is 1. The molecule has 2 unspecified atom stereocenters. The molecule has 0 radical (unpaired) electrons. The van der Waals surface area contributed by atoms with E-state index in [4.69, 9.17) is 4.74 Å². The van der Waals surface area contributed by atoms with E-state index in [1.807, 2.05) is 52.0 Å². The molecule has 1 aromatic carbocycles. The Morgan fingerprint density at radius 3 is 2.54 bits per heavy atom. The summed E-state index contributed by atoms with van der Waals surface area (Å²) in [6.07, 6.45) is 1.23. The van der Waals surface area contributed by atoms with Gasteiger partial charge in [0.1, 0.15) is 5.60 Å². The molecular formula is C19H27NO4. The van der Waals surface area contributed by atoms with Crippen LogP contribution in [0, 0.1) is 12.8 Å². The van der Waals surface area contributed by atoms with Gasteiger partial charge in [-0.1, -0.05) is 24.3 Å². The number of carbonyl (C=O) groups excluding carboxylic acids is 1. The topological polar surface area (TPSA) is 66.8 Å². The zero-order valence-electron chi connectivity index (χ0n) is 14.9. The Kier molecular flexibility index (Phi) is 5.52. The monoisotopic (exact) mass is 333 g/mol. The number of carboxylic acids is 1. The Morgan fingerprint density at radius 2 is 1.96 bits per heavy atom. The van der Waals surface area contributed by atoms with Crippen LogP contribution in [0.15, 0.2) is 24.3 Å². The van der Waals surface area contributed by atoms with E-state index in [9.17, 15) is 14.7 Å². The number of nitrogens with zero attached hydrogens (tertiary/aromatic N) is 1. The van der Waals surface area contributed by atoms with Gasteiger partial charge in [0.15, 0.2) is 0 Å². The van der Waals surface area contributed by atoms with Crippen molar-refractivity contribution in [2.24, 2.45) is 5.92 Å². The van der Waals surface area contributed by atoms with Crippen LogP contribution in [-0.2, 0) is 9.53 Å². The second kappa shape index (κ2) is 7.24. The van der Waals surface area contributed by atoms with Gasteiger partial charge in [-0.2, -0.15) is 0 Å². The largest absolute Gasteiger partial charge is 0.481 e. The van der Waals surface area contributed by atoms with Crippen LogP contribution in [0.5, 0.6) is 0 Å². The summed E-state index contributed by atoms with van der Waals surface area (Å²) in [6.45, 7) is 8.46. The Hall–Kier alpha value is -2.04. The average molecular weight is 333 g/mol. The molecular weight excluding hydrogens is 306 g/mol. The van der Waals surface area contributed by atoms with E-state index in [2.05, 4.69) is 0 Å². The number of rotatable bonds is 3. The first kappa shape index (κ1) is 18.3. The fourth-order valence-electron chi connectivity index (χ4n) is 3.30. The van der Waals surface area contributed by atoms with E-state index < -0.39 is 17.5 Å². The Morgan fingerprint density at radius 1 is 1.29 bits per heavy atom. The standard InChI is InChI=1S/C19H27NO4/c1-13-8-5-6-10-15(13)16(17(21)22)14-9-7-11-20(12-14)18(23)24-19(2,3)4/h5-6,8,10,14,16H,7,9,11-12H2,1-4H3,(H,21,22). The number of carboxylic acid groups (broad SMARTS) is 1. The fraction of sp³-hybridized carbons (Fsp3) is 0.579. The van der Waals surface area contributed by atoms with Crippen molar-refractivity contribution in [1.29, 1.82) is 0 Å². The minimum Gasteiger partial charge on any atom is -0.481 e. The van der Waals surface area contributed by atoms with Crippen molar-refractivity contribution in [2.45, 2.75) is 52.1 Å². The SMILES string of the molecule is Cc1ccccc1C(C(=O)O)C1CCCN(C(=O)OC(C)(C)C)C1. The zero-order chi connectivity index (χ0) is 17.9. The van der Waals surface area contributed by atoms with E-state index in [0.717, 1.165) is 24.0 Å². The number of carbonyl (C=O) groups is 2. The van der Waals surface area contributed by atoms with Gasteiger partial charge in [0.25, 0.3) is 0 Å². The molecule has 1 aromatic rings. The van der Waals surface area contributed by atoms with Crippen molar-refractivity contribution >= 4 is 12.1 Å². The second-order valence-corrected chi connectivity index (χ2v) is 7.50. The molecule has 0 aromatic heterocycles. The molecule has 1 aliphatic heterocycles. The second-order valence-electron chi connectivity index (χ2n) is 7.50. The lowest BCUT2D eigenvalue weighted by molar-refractivity contribution is -0.140. The average Bonchev–Trinajstić information content (AvgIpc) is 2.48. The van der Waals surface area contributed by atoms with Gasteiger partial charge in [0.05, 0.1) is 5.92 Å². The smallest absolute Gasteiger partial charge is 0.410 e. The maximum atomic E-state index is 12.3. The molecule has 132 valence electrons. The third kappa shape index (κ3) is 4.49. The van der Waals surface area contributed by atoms with Crippen molar-refractivity contribution in [2.75, 3.05) is 13.1 Å². The lowest BCUT2D eigenvalue weighted by Crippen LogP contribution is -2.45. The van der Waals surface area contributed by atoms with Crippen LogP contribution in [0.1, 0.15) is 50.7 Å². The first-order valence-corrected chi connectivity index (χ1v) is 8.45. The predicted molar refractivity (Wildman–Crippen MR) is 92.1 cm³/mol. The molecule has 0 saturated carbocycles. The highest BCUT2D eigenvalue weighted by atomic mass is 16.6. The third-order valence-electron chi connectivity index (χ3n) is 4.37. The van der Waals surface area contributed by atoms with Crippen LogP contribution < -0.4 is 0 Å². The molecule has 1 fully saturated rings. The number of aryl methyl sites for hydroxylation is 1. The summed E-state index contributed by atoms with van der Waals surface area (Å²) < 4.78 is 5.43. The molecule has 5 nitrogen and oxygen atoms in total. The van der Waals surface area contributed by atoms with Crippen LogP contribution in [0.3, 0.4) is 0 Å². The molecule has 1 aliphatic rings. The van der Waals surface area contributed by atoms with Crippen molar-refractivity contribution < 1.29 is 19.4 Å². The Bertz CT molecular complexity index is 606. The van der Waals surface area contributed by atoms with Gasteiger partial charge in [-0.15, -0.1) is 0 Å². The number of ether oxygens (including phenoxy) is 1. The van der Waals surface area contributed by atoms with Crippen molar-refractivity contribution in [3.63, 3.8) is 0 Å². The van der Waals surface area contributed by atoms with Crippen LogP contribution in [0.4, 0.5) is 4.79 Å². The molecule has 1 saturated heterocycles. The Labute approximate surface area is 143 Å². The van der Waals surface area contributed by atoms with E-state index in [1.54, 1.807) is 4.90 Å². The first-order chi connectivity index (χ1) is 11.2. The molecule has 2 rings (SSSR count). The first-order valence-electron chi connectivity index (χ1n) is 8.45. The van der Waals surface area contributed by atoms with E-state index in [-0.39, 0.29) is 12.0 Å². The number of hydrogen-bond donors (Lipinski definition) is 1. The molecule has 1 amide bonds. The van der Waals surface area contributed by atoms with Crippen LogP contribution >= 0.6 is 0 Å². The van der Waals surface area contributed by atoms with Gasteiger partial charge in [-0.05, 0) is 57.6 Å². The minimum atomic E-state index is -0.833. The molecule has 0 aliphatic carbocycles. The third-order valence-corrected chi connectivity index (χ3v) is 4.37. The van der Waals surface area contributed by atoms with Gasteiger partial charge in [0.2, 0.25) is 0 Å². The number of amides is 1. The molecule has 1 heterocycles. The van der Waals surface area contributed by atoms with Gasteiger partial charge in [-0.25, -0.2) is 4.79 Å². The van der Waals surface area contributed by atoms with E-state index >= 15 is 0 Å². The summed E-state index contributed by atoms with van der Waals surface area (Å²) >= 11 is 0. The van der Waals surface area contributed by atoms with Crippen molar-refractivity contribution in [1.82, 2.24) is 4.90 Å². The van der Waals surface area contributed by atoms with Gasteiger partial charge in [0, 0.05) is 13.1 Å². The maximum absolute atomic E-state index is 12.3. The van der Waals surface area contributed by atoms with Gasteiger partial charge in [-0.3, -0.25) is 4.79 Å². The molecule has 2 atom stereocenters. The molecule has 1 N–H and O–H groups in total. The van der Waals surface area contributed by atoms with E-state index in [1.165, 1.54) is 0 Å². The molecule has 0 bridgehead atoms. The summed E-state index contributed by atoms with van der Waals surface area (Å²) in [7, 11) is 0. The normalized spacial score (nSPS) is 19.7. The van der Waals surface area contributed by atoms with Crippen LogP contribution in [0.2, 0.25) is 0 Å². The molecule has 24 heavy (non-hydrogen) atoms. The molecule has 5 heteroatoms. The number of aliphatic carboxylic acids is 1. The number of hydrogen-bond acceptors (Lipinski definition) is 3. The summed E-state index contributed by atoms with van der Waals surface area (Å²) in [5, 5.41) is 9.78. The van der Waals surface area contributed by atoms with Crippen LogP contribution in [0.25, 0.3) is 0 Å². The predicted octanol–water partition coefficient (Wildman–Crippen LogP) is 3.81. The lowest BCUT2D eigenvalue weighted by Gasteiger charge is -2.36. The highest BCUT2D eigenvalue weighted by Gasteiger charge is 2.36. The minimum absolute atomic E-state index is 0.107. The summed E-state index contributed by atoms with van der Waals surface area (Å²) in [6, 6.07) is 7.58. The quantitative estimate of drug-likeness (QED) is 0.913. The number of likely N-dealkylation sites (tertiary alicyclic amines) is 1. The van der Waals surface area contributed by atoms with Gasteiger partial charge >= 0.3 is 12.1 Å². The summed E-state index contributed by atoms with van der Waals surface area (Å²) in [4.78, 5) is 25.9. The van der Waals surface area contributed by atoms with Crippen molar-refractivity contribution in [3.8, 4) is 0 Å². The Balaban J connectivity index is 2.18. The highest BCUT2D eigenvalue weighted by Crippen LogP contribution is 2.34.